The fraction of sp³-hybridized carbons (Fsp3) is 0.615. The monoisotopic (exact) mass is 276 g/mol. The number of rotatable bonds is 8. The Bertz CT molecular complexity index is 343. The van der Waals surface area contributed by atoms with Crippen molar-refractivity contribution in [3.05, 3.63) is 30.1 Å². The predicted molar refractivity (Wildman–Crippen MR) is 66.8 cm³/mol. The number of hydrogen-bond donors (Lipinski definition) is 1. The van der Waals surface area contributed by atoms with E-state index in [1.54, 1.807) is 12.4 Å². The molecular formula is C13H19F3N2O. The van der Waals surface area contributed by atoms with Crippen LogP contribution in [0.5, 0.6) is 0 Å². The van der Waals surface area contributed by atoms with Crippen molar-refractivity contribution in [1.82, 2.24) is 10.3 Å². The number of halogens is 3. The summed E-state index contributed by atoms with van der Waals surface area (Å²) in [5.74, 6) is 0. The number of ether oxygens (including phenoxy) is 1. The molecule has 0 aliphatic rings. The molecule has 0 aliphatic carbocycles. The van der Waals surface area contributed by atoms with Crippen LogP contribution in [0.2, 0.25) is 0 Å². The molecule has 1 aromatic rings. The summed E-state index contributed by atoms with van der Waals surface area (Å²) in [7, 11) is 0. The van der Waals surface area contributed by atoms with Crippen LogP contribution < -0.4 is 5.32 Å². The van der Waals surface area contributed by atoms with Gasteiger partial charge < -0.3 is 10.1 Å². The van der Waals surface area contributed by atoms with Crippen molar-refractivity contribution in [2.75, 3.05) is 19.8 Å². The van der Waals surface area contributed by atoms with Gasteiger partial charge in [0.15, 0.2) is 0 Å². The maximum absolute atomic E-state index is 11.9. The Balaban J connectivity index is 2.31. The molecule has 1 unspecified atom stereocenters. The van der Waals surface area contributed by atoms with Gasteiger partial charge in [-0.15, -0.1) is 0 Å². The van der Waals surface area contributed by atoms with Crippen LogP contribution >= 0.6 is 0 Å². The summed E-state index contributed by atoms with van der Waals surface area (Å²) in [6.07, 6.45) is 0.484. The van der Waals surface area contributed by atoms with E-state index in [0.29, 0.717) is 6.42 Å². The molecule has 1 aromatic heterocycles. The molecule has 6 heteroatoms. The Hall–Kier alpha value is -1.14. The van der Waals surface area contributed by atoms with Gasteiger partial charge in [0, 0.05) is 25.0 Å². The lowest BCUT2D eigenvalue weighted by Crippen LogP contribution is -2.22. The minimum Gasteiger partial charge on any atom is -0.372 e. The number of alkyl halides is 3. The molecule has 3 nitrogen and oxygen atoms in total. The van der Waals surface area contributed by atoms with Gasteiger partial charge in [0.1, 0.15) is 6.61 Å². The summed E-state index contributed by atoms with van der Waals surface area (Å²) >= 11 is 0. The average Bonchev–Trinajstić information content (AvgIpc) is 2.37. The lowest BCUT2D eigenvalue weighted by molar-refractivity contribution is -0.174. The van der Waals surface area contributed by atoms with Crippen LogP contribution in [0.1, 0.15) is 31.4 Å². The van der Waals surface area contributed by atoms with Crippen LogP contribution in [0.3, 0.4) is 0 Å². The molecule has 0 spiro atoms. The van der Waals surface area contributed by atoms with Crippen LogP contribution in [-0.2, 0) is 4.74 Å². The second-order valence-electron chi connectivity index (χ2n) is 4.20. The molecule has 1 rings (SSSR count). The predicted octanol–water partition coefficient (Wildman–Crippen LogP) is 3.09. The molecule has 1 N–H and O–H groups in total. The Morgan fingerprint density at radius 1 is 1.32 bits per heavy atom. The zero-order valence-electron chi connectivity index (χ0n) is 10.9. The molecule has 19 heavy (non-hydrogen) atoms. The number of nitrogens with one attached hydrogen (secondary N) is 1. The minimum absolute atomic E-state index is 0.118. The quantitative estimate of drug-likeness (QED) is 0.741. The summed E-state index contributed by atoms with van der Waals surface area (Å²) in [6.45, 7) is 1.74. The van der Waals surface area contributed by atoms with E-state index < -0.39 is 12.8 Å². The first-order valence-corrected chi connectivity index (χ1v) is 6.30. The van der Waals surface area contributed by atoms with E-state index in [1.165, 1.54) is 0 Å². The van der Waals surface area contributed by atoms with Crippen LogP contribution in [0.4, 0.5) is 13.2 Å². The van der Waals surface area contributed by atoms with Crippen molar-refractivity contribution in [3.63, 3.8) is 0 Å². The van der Waals surface area contributed by atoms with Crippen molar-refractivity contribution >= 4 is 0 Å². The summed E-state index contributed by atoms with van der Waals surface area (Å²) in [5.41, 5.74) is 1.09. The zero-order chi connectivity index (χ0) is 14.1. The van der Waals surface area contributed by atoms with Crippen LogP contribution in [0.25, 0.3) is 0 Å². The lowest BCUT2D eigenvalue weighted by Gasteiger charge is -2.18. The maximum Gasteiger partial charge on any atom is 0.411 e. The standard InChI is InChI=1S/C13H19F3N2O/c1-2-18-12(11-5-7-17-8-6-11)4-3-9-19-10-13(14,15)16/h5-8,12,18H,2-4,9-10H2,1H3. The number of pyridine rings is 1. The van der Waals surface area contributed by atoms with E-state index >= 15 is 0 Å². The fourth-order valence-corrected chi connectivity index (χ4v) is 1.81. The second kappa shape index (κ2) is 8.12. The molecule has 0 saturated heterocycles. The van der Waals surface area contributed by atoms with Gasteiger partial charge in [-0.2, -0.15) is 13.2 Å². The van der Waals surface area contributed by atoms with Gasteiger partial charge in [-0.3, -0.25) is 4.98 Å². The largest absolute Gasteiger partial charge is 0.411 e. The van der Waals surface area contributed by atoms with Crippen molar-refractivity contribution in [2.24, 2.45) is 0 Å². The smallest absolute Gasteiger partial charge is 0.372 e. The van der Waals surface area contributed by atoms with Gasteiger partial charge in [0.25, 0.3) is 0 Å². The van der Waals surface area contributed by atoms with E-state index in [1.807, 2.05) is 19.1 Å². The highest BCUT2D eigenvalue weighted by Crippen LogP contribution is 2.18. The lowest BCUT2D eigenvalue weighted by atomic mass is 10.0. The molecule has 0 aromatic carbocycles. The first-order valence-electron chi connectivity index (χ1n) is 6.30. The second-order valence-corrected chi connectivity index (χ2v) is 4.20. The number of hydrogen-bond acceptors (Lipinski definition) is 3. The molecule has 0 radical (unpaired) electrons. The average molecular weight is 276 g/mol. The van der Waals surface area contributed by atoms with Gasteiger partial charge in [0.05, 0.1) is 0 Å². The molecule has 0 bridgehead atoms. The molecule has 0 amide bonds. The highest BCUT2D eigenvalue weighted by atomic mass is 19.4. The molecular weight excluding hydrogens is 257 g/mol. The Morgan fingerprint density at radius 3 is 2.58 bits per heavy atom. The van der Waals surface area contributed by atoms with Gasteiger partial charge in [-0.25, -0.2) is 0 Å². The van der Waals surface area contributed by atoms with E-state index in [9.17, 15) is 13.2 Å². The molecule has 1 heterocycles. The Labute approximate surface area is 111 Å². The summed E-state index contributed by atoms with van der Waals surface area (Å²) in [6, 6.07) is 3.94. The third-order valence-corrected chi connectivity index (χ3v) is 2.61. The van der Waals surface area contributed by atoms with Gasteiger partial charge in [-0.1, -0.05) is 6.92 Å². The molecule has 0 aliphatic heterocycles. The molecule has 0 saturated carbocycles. The topological polar surface area (TPSA) is 34.1 Å². The summed E-state index contributed by atoms with van der Waals surface area (Å²) < 4.78 is 40.2. The third kappa shape index (κ3) is 7.12. The Kier molecular flexibility index (Phi) is 6.80. The van der Waals surface area contributed by atoms with Gasteiger partial charge in [-0.05, 0) is 37.1 Å². The summed E-state index contributed by atoms with van der Waals surface area (Å²) in [5, 5.41) is 3.30. The number of nitrogens with zero attached hydrogens (tertiary/aromatic N) is 1. The molecule has 0 fully saturated rings. The van der Waals surface area contributed by atoms with E-state index in [-0.39, 0.29) is 12.6 Å². The molecule has 108 valence electrons. The van der Waals surface area contributed by atoms with Crippen LogP contribution in [0.15, 0.2) is 24.5 Å². The first kappa shape index (κ1) is 15.9. The minimum atomic E-state index is -4.24. The normalized spacial score (nSPS) is 13.5. The van der Waals surface area contributed by atoms with E-state index in [2.05, 4.69) is 15.0 Å². The van der Waals surface area contributed by atoms with Crippen molar-refractivity contribution in [3.8, 4) is 0 Å². The van der Waals surface area contributed by atoms with Gasteiger partial charge >= 0.3 is 6.18 Å². The van der Waals surface area contributed by atoms with Crippen molar-refractivity contribution < 1.29 is 17.9 Å². The van der Waals surface area contributed by atoms with E-state index in [0.717, 1.165) is 18.5 Å². The SMILES string of the molecule is CCNC(CCCOCC(F)(F)F)c1ccncc1. The van der Waals surface area contributed by atoms with Gasteiger partial charge in [0.2, 0.25) is 0 Å². The van der Waals surface area contributed by atoms with Crippen LogP contribution in [0, 0.1) is 0 Å². The first-order chi connectivity index (χ1) is 9.03. The fourth-order valence-electron chi connectivity index (χ4n) is 1.81. The summed E-state index contributed by atoms with van der Waals surface area (Å²) in [4.78, 5) is 3.95. The Morgan fingerprint density at radius 2 is 2.00 bits per heavy atom. The van der Waals surface area contributed by atoms with Crippen molar-refractivity contribution in [2.45, 2.75) is 32.0 Å². The van der Waals surface area contributed by atoms with E-state index in [4.69, 9.17) is 0 Å². The van der Waals surface area contributed by atoms with Crippen LogP contribution in [-0.4, -0.2) is 30.9 Å². The highest BCUT2D eigenvalue weighted by Gasteiger charge is 2.27. The van der Waals surface area contributed by atoms with Crippen molar-refractivity contribution in [1.29, 1.82) is 0 Å². The highest BCUT2D eigenvalue weighted by molar-refractivity contribution is 5.14. The molecule has 1 atom stereocenters. The number of aromatic nitrogens is 1. The third-order valence-electron chi connectivity index (χ3n) is 2.61. The maximum atomic E-state index is 11.9. The zero-order valence-corrected chi connectivity index (χ0v) is 10.9.